The van der Waals surface area contributed by atoms with Crippen LogP contribution in [0.2, 0.25) is 0 Å². The molecule has 0 fully saturated rings. The third-order valence-electron chi connectivity index (χ3n) is 6.73. The summed E-state index contributed by atoms with van der Waals surface area (Å²) >= 11 is 1.48. The number of aryl methyl sites for hydroxylation is 1. The van der Waals surface area contributed by atoms with Crippen LogP contribution in [-0.4, -0.2) is 41.3 Å². The standard InChI is InChI=1S/C29H29N3O4S/c1-31-23-10-6-5-9-22(23)26-27(28(34)30-16-20-8-4-7-11-24(20)36-3)32(25(33)18-37-29(26)31)17-19-12-14-21(35-2)15-13-19/h4-15,27H,16-18H2,1-3H3,(H,30,34). The van der Waals surface area contributed by atoms with Crippen molar-refractivity contribution in [2.45, 2.75) is 24.2 Å². The van der Waals surface area contributed by atoms with Gasteiger partial charge >= 0.3 is 0 Å². The zero-order valence-electron chi connectivity index (χ0n) is 21.1. The van der Waals surface area contributed by atoms with Crippen LogP contribution in [0.3, 0.4) is 0 Å². The quantitative estimate of drug-likeness (QED) is 0.387. The molecule has 7 nitrogen and oxygen atoms in total. The molecule has 0 saturated carbocycles. The van der Waals surface area contributed by atoms with Crippen molar-refractivity contribution in [1.82, 2.24) is 14.8 Å². The normalized spacial score (nSPS) is 15.3. The van der Waals surface area contributed by atoms with Gasteiger partial charge in [-0.2, -0.15) is 0 Å². The number of fused-ring (bicyclic) bond motifs is 3. The summed E-state index contributed by atoms with van der Waals surface area (Å²) in [5.41, 5.74) is 3.68. The van der Waals surface area contributed by atoms with Crippen LogP contribution in [0.1, 0.15) is 22.7 Å². The van der Waals surface area contributed by atoms with Crippen molar-refractivity contribution >= 4 is 34.5 Å². The Morgan fingerprint density at radius 3 is 2.49 bits per heavy atom. The number of hydrogen-bond acceptors (Lipinski definition) is 5. The van der Waals surface area contributed by atoms with Gasteiger partial charge in [-0.15, -0.1) is 0 Å². The van der Waals surface area contributed by atoms with Crippen LogP contribution in [0.5, 0.6) is 11.5 Å². The minimum atomic E-state index is -0.791. The number of para-hydroxylation sites is 2. The van der Waals surface area contributed by atoms with E-state index >= 15 is 0 Å². The molecule has 1 N–H and O–H groups in total. The average Bonchev–Trinajstić information content (AvgIpc) is 3.12. The molecule has 2 heterocycles. The highest BCUT2D eigenvalue weighted by atomic mass is 32.2. The van der Waals surface area contributed by atoms with Crippen molar-refractivity contribution in [2.24, 2.45) is 7.05 Å². The van der Waals surface area contributed by atoms with Gasteiger partial charge in [0.05, 0.1) is 25.0 Å². The van der Waals surface area contributed by atoms with Crippen LogP contribution in [-0.2, 0) is 29.7 Å². The van der Waals surface area contributed by atoms with Gasteiger partial charge in [0.25, 0.3) is 0 Å². The lowest BCUT2D eigenvalue weighted by molar-refractivity contribution is -0.139. The Bertz CT molecular complexity index is 1450. The molecule has 8 heteroatoms. The van der Waals surface area contributed by atoms with E-state index in [1.54, 1.807) is 19.1 Å². The van der Waals surface area contributed by atoms with Gasteiger partial charge in [-0.3, -0.25) is 9.59 Å². The van der Waals surface area contributed by atoms with Crippen LogP contribution in [0.25, 0.3) is 10.9 Å². The van der Waals surface area contributed by atoms with Crippen LogP contribution in [0, 0.1) is 0 Å². The van der Waals surface area contributed by atoms with E-state index in [-0.39, 0.29) is 24.1 Å². The second kappa shape index (κ2) is 10.6. The van der Waals surface area contributed by atoms with Crippen molar-refractivity contribution in [1.29, 1.82) is 0 Å². The molecule has 37 heavy (non-hydrogen) atoms. The first-order valence-corrected chi connectivity index (χ1v) is 13.0. The Hall–Kier alpha value is -3.91. The molecule has 0 spiro atoms. The largest absolute Gasteiger partial charge is 0.497 e. The zero-order valence-corrected chi connectivity index (χ0v) is 21.9. The number of nitrogens with zero attached hydrogens (tertiary/aromatic N) is 2. The van der Waals surface area contributed by atoms with E-state index in [9.17, 15) is 9.59 Å². The molecule has 190 valence electrons. The van der Waals surface area contributed by atoms with Crippen molar-refractivity contribution in [3.63, 3.8) is 0 Å². The first-order valence-electron chi connectivity index (χ1n) is 12.0. The Morgan fingerprint density at radius 1 is 1.00 bits per heavy atom. The fraction of sp³-hybridized carbons (Fsp3) is 0.241. The molecule has 2 amide bonds. The summed E-state index contributed by atoms with van der Waals surface area (Å²) < 4.78 is 12.8. The first-order chi connectivity index (χ1) is 18.0. The molecule has 1 aliphatic heterocycles. The number of amides is 2. The maximum Gasteiger partial charge on any atom is 0.247 e. The summed E-state index contributed by atoms with van der Waals surface area (Å²) in [6.45, 7) is 0.593. The molecule has 0 bridgehead atoms. The number of benzene rings is 3. The third-order valence-corrected chi connectivity index (χ3v) is 7.89. The smallest absolute Gasteiger partial charge is 0.247 e. The van der Waals surface area contributed by atoms with Crippen molar-refractivity contribution < 1.29 is 19.1 Å². The summed E-state index contributed by atoms with van der Waals surface area (Å²) in [4.78, 5) is 29.2. The van der Waals surface area contributed by atoms with Gasteiger partial charge in [-0.25, -0.2) is 0 Å². The maximum absolute atomic E-state index is 14.0. The highest BCUT2D eigenvalue weighted by Gasteiger charge is 2.38. The summed E-state index contributed by atoms with van der Waals surface area (Å²) in [6.07, 6.45) is 0. The molecular formula is C29H29N3O4S. The number of rotatable bonds is 7. The molecule has 0 aliphatic carbocycles. The second-order valence-corrected chi connectivity index (χ2v) is 9.85. The van der Waals surface area contributed by atoms with E-state index in [0.717, 1.165) is 38.4 Å². The minimum absolute atomic E-state index is 0.0847. The number of nitrogens with one attached hydrogen (secondary N) is 1. The van der Waals surface area contributed by atoms with E-state index in [1.807, 2.05) is 79.8 Å². The molecule has 4 aromatic rings. The Labute approximate surface area is 220 Å². The first kappa shape index (κ1) is 24.8. The number of carbonyl (C=O) groups is 2. The van der Waals surface area contributed by atoms with E-state index in [0.29, 0.717) is 12.3 Å². The molecule has 3 aromatic carbocycles. The van der Waals surface area contributed by atoms with E-state index in [2.05, 4.69) is 9.88 Å². The van der Waals surface area contributed by atoms with Gasteiger partial charge in [0.2, 0.25) is 11.8 Å². The summed E-state index contributed by atoms with van der Waals surface area (Å²) in [6, 6.07) is 22.4. The highest BCUT2D eigenvalue weighted by Crippen LogP contribution is 2.42. The average molecular weight is 516 g/mol. The fourth-order valence-electron chi connectivity index (χ4n) is 4.86. The third kappa shape index (κ3) is 4.76. The maximum atomic E-state index is 14.0. The zero-order chi connectivity index (χ0) is 25.9. The predicted molar refractivity (Wildman–Crippen MR) is 145 cm³/mol. The molecular weight excluding hydrogens is 486 g/mol. The number of aromatic nitrogens is 1. The van der Waals surface area contributed by atoms with E-state index in [1.165, 1.54) is 11.8 Å². The Balaban J connectivity index is 1.57. The topological polar surface area (TPSA) is 72.8 Å². The number of hydrogen-bond donors (Lipinski definition) is 1. The molecule has 1 unspecified atom stereocenters. The lowest BCUT2D eigenvalue weighted by Gasteiger charge is -2.30. The predicted octanol–water partition coefficient (Wildman–Crippen LogP) is 4.69. The number of ether oxygens (including phenoxy) is 2. The highest BCUT2D eigenvalue weighted by molar-refractivity contribution is 8.00. The lowest BCUT2D eigenvalue weighted by Crippen LogP contribution is -2.43. The van der Waals surface area contributed by atoms with E-state index in [4.69, 9.17) is 9.47 Å². The molecule has 1 atom stereocenters. The Morgan fingerprint density at radius 2 is 1.73 bits per heavy atom. The summed E-state index contributed by atoms with van der Waals surface area (Å²) in [5, 5.41) is 5.00. The van der Waals surface area contributed by atoms with Crippen LogP contribution in [0.15, 0.2) is 77.8 Å². The van der Waals surface area contributed by atoms with Gasteiger partial charge in [0.1, 0.15) is 17.5 Å². The molecule has 1 aliphatic rings. The van der Waals surface area contributed by atoms with Gasteiger partial charge in [-0.1, -0.05) is 60.3 Å². The van der Waals surface area contributed by atoms with Gasteiger partial charge < -0.3 is 24.3 Å². The molecule has 0 saturated heterocycles. The van der Waals surface area contributed by atoms with Crippen molar-refractivity contribution in [3.8, 4) is 11.5 Å². The van der Waals surface area contributed by atoms with Crippen LogP contribution >= 0.6 is 11.8 Å². The summed E-state index contributed by atoms with van der Waals surface area (Å²) in [7, 11) is 5.22. The van der Waals surface area contributed by atoms with Crippen LogP contribution in [0.4, 0.5) is 0 Å². The minimum Gasteiger partial charge on any atom is -0.497 e. The molecule has 5 rings (SSSR count). The Kier molecular flexibility index (Phi) is 7.10. The van der Waals surface area contributed by atoms with Gasteiger partial charge in [0.15, 0.2) is 0 Å². The van der Waals surface area contributed by atoms with Crippen molar-refractivity contribution in [2.75, 3.05) is 20.0 Å². The molecule has 1 aromatic heterocycles. The monoisotopic (exact) mass is 515 g/mol. The van der Waals surface area contributed by atoms with Crippen molar-refractivity contribution in [3.05, 3.63) is 89.5 Å². The number of methoxy groups -OCH3 is 2. The van der Waals surface area contributed by atoms with E-state index < -0.39 is 6.04 Å². The number of thioether (sulfide) groups is 1. The summed E-state index contributed by atoms with van der Waals surface area (Å²) in [5.74, 6) is 1.38. The molecule has 0 radical (unpaired) electrons. The lowest BCUT2D eigenvalue weighted by atomic mass is 10.0. The van der Waals surface area contributed by atoms with Gasteiger partial charge in [-0.05, 0) is 29.8 Å². The fourth-order valence-corrected chi connectivity index (χ4v) is 5.95. The van der Waals surface area contributed by atoms with Gasteiger partial charge in [0, 0.05) is 42.2 Å². The van der Waals surface area contributed by atoms with Crippen LogP contribution < -0.4 is 14.8 Å². The number of carbonyl (C=O) groups excluding carboxylic acids is 2. The SMILES string of the molecule is COc1ccc(CN2C(=O)CSc3c(c4ccccc4n3C)C2C(=O)NCc2ccccc2OC)cc1. The second-order valence-electron chi connectivity index (χ2n) is 8.89.